The zero-order valence-corrected chi connectivity index (χ0v) is 18.3. The highest BCUT2D eigenvalue weighted by Gasteiger charge is 2.50. The Bertz CT molecular complexity index is 915. The first-order valence-corrected chi connectivity index (χ1v) is 13.5. The minimum atomic E-state index is -1.73. The summed E-state index contributed by atoms with van der Waals surface area (Å²) >= 11 is 0. The smallest absolute Gasteiger partial charge is 0.0749 e. The summed E-state index contributed by atoms with van der Waals surface area (Å²) in [6.07, 6.45) is 7.64. The average Bonchev–Trinajstić information content (AvgIpc) is 3.22. The fraction of sp³-hybridized carbons (Fsp3) is 0.346. The lowest BCUT2D eigenvalue weighted by Gasteiger charge is -2.31. The van der Waals surface area contributed by atoms with E-state index in [4.69, 9.17) is 0 Å². The van der Waals surface area contributed by atoms with Crippen molar-refractivity contribution in [2.24, 2.45) is 5.92 Å². The molecule has 27 heavy (non-hydrogen) atoms. The van der Waals surface area contributed by atoms with E-state index in [2.05, 4.69) is 94.5 Å². The number of allylic oxidation sites excluding steroid dienone is 4. The Morgan fingerprint density at radius 2 is 1.67 bits per heavy atom. The first kappa shape index (κ1) is 18.4. The number of hydrogen-bond acceptors (Lipinski definition) is 0. The molecule has 0 saturated heterocycles. The molecular weight excluding hydrogens is 340 g/mol. The molecule has 2 atom stereocenters. The second kappa shape index (κ2) is 6.87. The maximum atomic E-state index is 2.58. The molecule has 0 bridgehead atoms. The second-order valence-corrected chi connectivity index (χ2v) is 13.5. The molecule has 2 aromatic carbocycles. The van der Waals surface area contributed by atoms with E-state index in [1.54, 1.807) is 16.7 Å². The number of benzene rings is 2. The standard InChI is InChI=1S/C26H31Si/c1-6-11-18(2)24-17-26(23-15-10-8-13-21(23)24)27(4,5)25-16-19(3)20-12-7-9-14-22(20)25/h7-10,12-18,25H,6,11H2,1-5H3/q+1. The van der Waals surface area contributed by atoms with Gasteiger partial charge in [0, 0.05) is 29.1 Å². The van der Waals surface area contributed by atoms with Gasteiger partial charge in [-0.15, -0.1) is 0 Å². The van der Waals surface area contributed by atoms with Crippen LogP contribution in [0.15, 0.2) is 60.7 Å². The number of hydrogen-bond donors (Lipinski definition) is 0. The summed E-state index contributed by atoms with van der Waals surface area (Å²) in [4.78, 5) is 0. The maximum Gasteiger partial charge on any atom is 0.144 e. The molecule has 2 aliphatic rings. The summed E-state index contributed by atoms with van der Waals surface area (Å²) in [5, 5.41) is 0. The van der Waals surface area contributed by atoms with Crippen molar-refractivity contribution in [2.75, 3.05) is 0 Å². The van der Waals surface area contributed by atoms with Crippen LogP contribution in [0, 0.1) is 11.5 Å². The predicted octanol–water partition coefficient (Wildman–Crippen LogP) is 7.43. The van der Waals surface area contributed by atoms with Crippen LogP contribution in [0.25, 0.3) is 11.1 Å². The highest BCUT2D eigenvalue weighted by atomic mass is 28.3. The lowest BCUT2D eigenvalue weighted by molar-refractivity contribution is 0.650. The molecule has 2 aliphatic carbocycles. The van der Waals surface area contributed by atoms with E-state index in [0.717, 1.165) is 0 Å². The summed E-state index contributed by atoms with van der Waals surface area (Å²) in [7, 11) is -1.73. The number of rotatable bonds is 5. The Hall–Kier alpha value is -1.99. The van der Waals surface area contributed by atoms with Gasteiger partial charge in [0.25, 0.3) is 0 Å². The molecule has 0 N–H and O–H groups in total. The Kier molecular flexibility index (Phi) is 4.68. The number of fused-ring (bicyclic) bond motifs is 2. The van der Waals surface area contributed by atoms with E-state index in [1.165, 1.54) is 35.1 Å². The van der Waals surface area contributed by atoms with Gasteiger partial charge in [-0.05, 0) is 55.2 Å². The minimum Gasteiger partial charge on any atom is -0.0749 e. The molecule has 1 heteroatoms. The molecule has 0 radical (unpaired) electrons. The quantitative estimate of drug-likeness (QED) is 0.378. The van der Waals surface area contributed by atoms with E-state index >= 15 is 0 Å². The molecule has 0 aromatic heterocycles. The highest BCUT2D eigenvalue weighted by molar-refractivity contribution is 6.86. The molecular formula is C26H31Si+. The van der Waals surface area contributed by atoms with Crippen LogP contribution in [-0.2, 0) is 0 Å². The van der Waals surface area contributed by atoms with Crippen molar-refractivity contribution in [1.82, 2.24) is 0 Å². The van der Waals surface area contributed by atoms with Crippen LogP contribution in [0.2, 0.25) is 13.1 Å². The van der Waals surface area contributed by atoms with Gasteiger partial charge in [-0.1, -0.05) is 56.8 Å². The Labute approximate surface area is 166 Å². The molecule has 0 saturated carbocycles. The fourth-order valence-corrected chi connectivity index (χ4v) is 8.60. The molecule has 2 unspecified atom stereocenters. The Balaban J connectivity index is 1.78. The van der Waals surface area contributed by atoms with Crippen LogP contribution in [0.5, 0.6) is 0 Å². The van der Waals surface area contributed by atoms with Gasteiger partial charge in [0.15, 0.2) is 0 Å². The summed E-state index contributed by atoms with van der Waals surface area (Å²) in [5.41, 5.74) is 11.2. The largest absolute Gasteiger partial charge is 0.144 e. The van der Waals surface area contributed by atoms with Crippen LogP contribution in [0.4, 0.5) is 0 Å². The molecule has 138 valence electrons. The van der Waals surface area contributed by atoms with Crippen molar-refractivity contribution >= 4 is 19.2 Å². The third-order valence-electron chi connectivity index (χ3n) is 6.69. The summed E-state index contributed by atoms with van der Waals surface area (Å²) in [6.45, 7) is 12.1. The van der Waals surface area contributed by atoms with Gasteiger partial charge in [-0.25, -0.2) is 0 Å². The van der Waals surface area contributed by atoms with Crippen LogP contribution < -0.4 is 0 Å². The Morgan fingerprint density at radius 1 is 1.00 bits per heavy atom. The molecule has 0 spiro atoms. The normalized spacial score (nSPS) is 19.4. The minimum absolute atomic E-state index is 0.564. The fourth-order valence-electron chi connectivity index (χ4n) is 5.13. The van der Waals surface area contributed by atoms with Crippen molar-refractivity contribution in [1.29, 1.82) is 0 Å². The molecule has 0 nitrogen and oxygen atoms in total. The van der Waals surface area contributed by atoms with E-state index in [-0.39, 0.29) is 0 Å². The summed E-state index contributed by atoms with van der Waals surface area (Å²) in [6, 6.07) is 18.2. The summed E-state index contributed by atoms with van der Waals surface area (Å²) in [5.74, 6) is 0.631. The van der Waals surface area contributed by atoms with Gasteiger partial charge in [0.1, 0.15) is 19.2 Å². The van der Waals surface area contributed by atoms with Crippen molar-refractivity contribution < 1.29 is 0 Å². The molecule has 0 aliphatic heterocycles. The third-order valence-corrected chi connectivity index (χ3v) is 10.5. The molecule has 0 fully saturated rings. The van der Waals surface area contributed by atoms with Crippen molar-refractivity contribution in [3.05, 3.63) is 88.5 Å². The van der Waals surface area contributed by atoms with Gasteiger partial charge >= 0.3 is 0 Å². The van der Waals surface area contributed by atoms with Gasteiger partial charge in [-0.3, -0.25) is 0 Å². The highest BCUT2D eigenvalue weighted by Crippen LogP contribution is 2.50. The molecule has 4 rings (SSSR count). The van der Waals surface area contributed by atoms with Gasteiger partial charge in [0.05, 0.1) is 5.57 Å². The van der Waals surface area contributed by atoms with Crippen LogP contribution in [0.1, 0.15) is 61.4 Å². The van der Waals surface area contributed by atoms with E-state index < -0.39 is 8.07 Å². The van der Waals surface area contributed by atoms with Crippen molar-refractivity contribution in [2.45, 2.75) is 52.2 Å². The van der Waals surface area contributed by atoms with Crippen LogP contribution in [0.3, 0.4) is 0 Å². The predicted molar refractivity (Wildman–Crippen MR) is 121 cm³/mol. The van der Waals surface area contributed by atoms with E-state index in [9.17, 15) is 0 Å². The first-order valence-electron chi connectivity index (χ1n) is 10.4. The van der Waals surface area contributed by atoms with Gasteiger partial charge < -0.3 is 0 Å². The van der Waals surface area contributed by atoms with E-state index in [1.807, 2.05) is 0 Å². The maximum absolute atomic E-state index is 2.58. The topological polar surface area (TPSA) is 0 Å². The monoisotopic (exact) mass is 371 g/mol. The Morgan fingerprint density at radius 3 is 2.41 bits per heavy atom. The molecule has 0 heterocycles. The van der Waals surface area contributed by atoms with Gasteiger partial charge in [-0.2, -0.15) is 0 Å². The lowest BCUT2D eigenvalue weighted by Crippen LogP contribution is -2.40. The van der Waals surface area contributed by atoms with Crippen LogP contribution >= 0.6 is 0 Å². The second-order valence-electron chi connectivity index (χ2n) is 8.88. The zero-order valence-electron chi connectivity index (χ0n) is 17.3. The zero-order chi connectivity index (χ0) is 19.2. The summed E-state index contributed by atoms with van der Waals surface area (Å²) < 4.78 is 0. The SMILES string of the molecule is CCCC(C)C1=C[C+]([Si](C)(C)C2C=C(C)c3ccccc32)c2ccccc21. The van der Waals surface area contributed by atoms with Crippen molar-refractivity contribution in [3.63, 3.8) is 0 Å². The van der Waals surface area contributed by atoms with E-state index in [0.29, 0.717) is 11.5 Å². The van der Waals surface area contributed by atoms with Crippen molar-refractivity contribution in [3.8, 4) is 0 Å². The molecule has 0 amide bonds. The molecule has 2 aromatic rings. The first-order chi connectivity index (χ1) is 12.9. The third kappa shape index (κ3) is 2.93. The van der Waals surface area contributed by atoms with Crippen LogP contribution in [-0.4, -0.2) is 8.07 Å². The average molecular weight is 372 g/mol. The lowest BCUT2D eigenvalue weighted by atomic mass is 9.92. The van der Waals surface area contributed by atoms with Gasteiger partial charge in [0.2, 0.25) is 0 Å².